The van der Waals surface area contributed by atoms with E-state index < -0.39 is 0 Å². The molecule has 0 aromatic rings. The Balaban J connectivity index is 0.000000405. The molecule has 2 rings (SSSR count). The van der Waals surface area contributed by atoms with Crippen molar-refractivity contribution in [2.24, 2.45) is 0 Å². The maximum atomic E-state index is 3.31. The van der Waals surface area contributed by atoms with Gasteiger partial charge in [0.25, 0.3) is 0 Å². The molecule has 2 heterocycles. The molecule has 0 saturated heterocycles. The first-order valence-corrected chi connectivity index (χ1v) is 3.08. The first-order valence-electron chi connectivity index (χ1n) is 3.08. The topological polar surface area (TPSA) is 24.1 Å². The van der Waals surface area contributed by atoms with Crippen LogP contribution >= 0.6 is 24.8 Å². The summed E-state index contributed by atoms with van der Waals surface area (Å²) >= 11 is 0. The highest BCUT2D eigenvalue weighted by atomic mass is 35.5. The van der Waals surface area contributed by atoms with Gasteiger partial charge in [0, 0.05) is 26.2 Å². The van der Waals surface area contributed by atoms with Gasteiger partial charge in [-0.25, -0.2) is 0 Å². The molecule has 0 aliphatic carbocycles. The van der Waals surface area contributed by atoms with Crippen molar-refractivity contribution in [3.8, 4) is 0 Å². The molecular formula is C6H12Cl2N2. The smallest absolute Gasteiger partial charge is 0.0184 e. The van der Waals surface area contributed by atoms with Gasteiger partial charge in [-0.1, -0.05) is 0 Å². The van der Waals surface area contributed by atoms with Crippen LogP contribution in [0.4, 0.5) is 0 Å². The van der Waals surface area contributed by atoms with Crippen LogP contribution in [-0.2, 0) is 0 Å². The highest BCUT2D eigenvalue weighted by Crippen LogP contribution is 2.11. The maximum absolute atomic E-state index is 3.31. The van der Waals surface area contributed by atoms with Crippen molar-refractivity contribution >= 4 is 24.8 Å². The second-order valence-electron chi connectivity index (χ2n) is 2.41. The van der Waals surface area contributed by atoms with Crippen molar-refractivity contribution in [2.75, 3.05) is 26.2 Å². The van der Waals surface area contributed by atoms with Crippen molar-refractivity contribution < 1.29 is 0 Å². The predicted molar refractivity (Wildman–Crippen MR) is 47.3 cm³/mol. The Morgan fingerprint density at radius 3 is 1.30 bits per heavy atom. The zero-order valence-corrected chi connectivity index (χ0v) is 7.28. The van der Waals surface area contributed by atoms with E-state index in [2.05, 4.69) is 10.6 Å². The van der Waals surface area contributed by atoms with Crippen LogP contribution in [0.25, 0.3) is 0 Å². The summed E-state index contributed by atoms with van der Waals surface area (Å²) in [6.45, 7) is 4.51. The lowest BCUT2D eigenvalue weighted by Crippen LogP contribution is -2.20. The molecule has 2 aliphatic heterocycles. The summed E-state index contributed by atoms with van der Waals surface area (Å²) in [5.74, 6) is 0. The molecule has 4 heteroatoms. The van der Waals surface area contributed by atoms with Crippen LogP contribution in [0.3, 0.4) is 0 Å². The molecule has 0 aromatic carbocycles. The monoisotopic (exact) mass is 182 g/mol. The molecule has 0 aromatic heterocycles. The second-order valence-corrected chi connectivity index (χ2v) is 2.41. The van der Waals surface area contributed by atoms with Crippen LogP contribution in [-0.4, -0.2) is 26.2 Å². The van der Waals surface area contributed by atoms with Crippen LogP contribution in [0.5, 0.6) is 0 Å². The minimum Gasteiger partial charge on any atom is -0.309 e. The molecule has 0 bridgehead atoms. The van der Waals surface area contributed by atoms with Crippen molar-refractivity contribution in [1.29, 1.82) is 0 Å². The highest BCUT2D eigenvalue weighted by Gasteiger charge is 2.17. The SMILES string of the molecule is C1NCC2=C1CNC2.Cl.Cl. The molecule has 0 spiro atoms. The van der Waals surface area contributed by atoms with E-state index in [1.165, 1.54) is 0 Å². The Morgan fingerprint density at radius 2 is 1.00 bits per heavy atom. The Labute approximate surface area is 73.3 Å². The summed E-state index contributed by atoms with van der Waals surface area (Å²) in [5, 5.41) is 6.62. The molecule has 2 aliphatic rings. The normalized spacial score (nSPS) is 21.6. The van der Waals surface area contributed by atoms with Gasteiger partial charge in [0.1, 0.15) is 0 Å². The second kappa shape index (κ2) is 4.19. The number of hydrogen-bond donors (Lipinski definition) is 2. The fourth-order valence-corrected chi connectivity index (χ4v) is 1.35. The van der Waals surface area contributed by atoms with Gasteiger partial charge in [-0.2, -0.15) is 0 Å². The van der Waals surface area contributed by atoms with E-state index in [1.54, 1.807) is 11.1 Å². The van der Waals surface area contributed by atoms with Gasteiger partial charge >= 0.3 is 0 Å². The number of halogens is 2. The van der Waals surface area contributed by atoms with Crippen LogP contribution in [0, 0.1) is 0 Å². The lowest BCUT2D eigenvalue weighted by Gasteiger charge is -1.96. The van der Waals surface area contributed by atoms with Crippen LogP contribution in [0.15, 0.2) is 11.1 Å². The molecule has 60 valence electrons. The fourth-order valence-electron chi connectivity index (χ4n) is 1.35. The standard InChI is InChI=1S/C6H10N2.2ClH/c1-5-2-8-4-6(5)3-7-1;;/h7-8H,1-4H2;2*1H. The van der Waals surface area contributed by atoms with E-state index in [0.29, 0.717) is 0 Å². The first kappa shape index (κ1) is 10.2. The van der Waals surface area contributed by atoms with Gasteiger partial charge in [0.2, 0.25) is 0 Å². The fraction of sp³-hybridized carbons (Fsp3) is 0.667. The molecule has 0 unspecified atom stereocenters. The van der Waals surface area contributed by atoms with Crippen molar-refractivity contribution in [3.05, 3.63) is 11.1 Å². The minimum absolute atomic E-state index is 0. The quantitative estimate of drug-likeness (QED) is 0.529. The molecule has 0 amide bonds. The summed E-state index contributed by atoms with van der Waals surface area (Å²) in [6.07, 6.45) is 0. The zero-order valence-electron chi connectivity index (χ0n) is 5.64. The number of hydrogen-bond acceptors (Lipinski definition) is 2. The van der Waals surface area contributed by atoms with Gasteiger partial charge in [0.05, 0.1) is 0 Å². The third-order valence-corrected chi connectivity index (χ3v) is 1.85. The molecule has 0 atom stereocenters. The average Bonchev–Trinajstić information content (AvgIpc) is 2.15. The first-order chi connectivity index (χ1) is 3.97. The Morgan fingerprint density at radius 1 is 0.700 bits per heavy atom. The minimum atomic E-state index is 0. The molecule has 0 saturated carbocycles. The summed E-state index contributed by atoms with van der Waals surface area (Å²) < 4.78 is 0. The van der Waals surface area contributed by atoms with E-state index in [1.807, 2.05) is 0 Å². The van der Waals surface area contributed by atoms with Crippen molar-refractivity contribution in [3.63, 3.8) is 0 Å². The van der Waals surface area contributed by atoms with Gasteiger partial charge in [0.15, 0.2) is 0 Å². The molecular weight excluding hydrogens is 171 g/mol. The largest absolute Gasteiger partial charge is 0.309 e. The van der Waals surface area contributed by atoms with Gasteiger partial charge in [-0.3, -0.25) is 0 Å². The van der Waals surface area contributed by atoms with Crippen molar-refractivity contribution in [2.45, 2.75) is 0 Å². The van der Waals surface area contributed by atoms with Crippen LogP contribution in [0.2, 0.25) is 0 Å². The van der Waals surface area contributed by atoms with E-state index in [4.69, 9.17) is 0 Å². The lowest BCUT2D eigenvalue weighted by molar-refractivity contribution is 0.761. The van der Waals surface area contributed by atoms with Crippen LogP contribution < -0.4 is 10.6 Å². The number of rotatable bonds is 0. The van der Waals surface area contributed by atoms with E-state index in [9.17, 15) is 0 Å². The van der Waals surface area contributed by atoms with Crippen LogP contribution in [0.1, 0.15) is 0 Å². The highest BCUT2D eigenvalue weighted by molar-refractivity contribution is 5.85. The molecule has 0 fully saturated rings. The van der Waals surface area contributed by atoms with Crippen molar-refractivity contribution in [1.82, 2.24) is 10.6 Å². The van der Waals surface area contributed by atoms with E-state index >= 15 is 0 Å². The molecule has 2 N–H and O–H groups in total. The Bertz CT molecular complexity index is 117. The third-order valence-electron chi connectivity index (χ3n) is 1.85. The molecule has 0 radical (unpaired) electrons. The van der Waals surface area contributed by atoms with Gasteiger partial charge in [-0.05, 0) is 11.1 Å². The Kier molecular flexibility index (Phi) is 4.29. The van der Waals surface area contributed by atoms with E-state index in [0.717, 1.165) is 26.2 Å². The van der Waals surface area contributed by atoms with Gasteiger partial charge < -0.3 is 10.6 Å². The molecule has 2 nitrogen and oxygen atoms in total. The maximum Gasteiger partial charge on any atom is 0.0184 e. The molecule has 10 heavy (non-hydrogen) atoms. The number of nitrogens with one attached hydrogen (secondary N) is 2. The summed E-state index contributed by atoms with van der Waals surface area (Å²) in [7, 11) is 0. The summed E-state index contributed by atoms with van der Waals surface area (Å²) in [6, 6.07) is 0. The lowest BCUT2D eigenvalue weighted by atomic mass is 10.2. The Hall–Kier alpha value is 0.240. The summed E-state index contributed by atoms with van der Waals surface area (Å²) in [4.78, 5) is 0. The predicted octanol–water partition coefficient (Wildman–Crippen LogP) is 0.333. The third kappa shape index (κ3) is 1.64. The van der Waals surface area contributed by atoms with E-state index in [-0.39, 0.29) is 24.8 Å². The summed E-state index contributed by atoms with van der Waals surface area (Å²) in [5.41, 5.74) is 3.20. The zero-order chi connectivity index (χ0) is 5.40. The van der Waals surface area contributed by atoms with Gasteiger partial charge in [-0.15, -0.1) is 24.8 Å². The average molecular weight is 183 g/mol.